The van der Waals surface area contributed by atoms with E-state index in [4.69, 9.17) is 22.7 Å². The Bertz CT molecular complexity index is 485. The molecule has 1 saturated heterocycles. The number of likely N-dealkylation sites (tertiary alicyclic amines) is 1. The molecule has 0 aliphatic carbocycles. The maximum atomic E-state index is 5.68. The Morgan fingerprint density at radius 2 is 2.21 bits per heavy atom. The van der Waals surface area contributed by atoms with Crippen LogP contribution in [0, 0.1) is 5.41 Å². The van der Waals surface area contributed by atoms with E-state index in [2.05, 4.69) is 24.8 Å². The van der Waals surface area contributed by atoms with Crippen LogP contribution in [0.15, 0.2) is 18.2 Å². The van der Waals surface area contributed by atoms with Gasteiger partial charge < -0.3 is 10.5 Å². The zero-order valence-corrected chi connectivity index (χ0v) is 12.7. The molecule has 19 heavy (non-hydrogen) atoms. The zero-order chi connectivity index (χ0) is 14.0. The maximum absolute atomic E-state index is 5.68. The molecule has 0 amide bonds. The summed E-state index contributed by atoms with van der Waals surface area (Å²) in [7, 11) is 1.65. The number of thiocarbonyl (C=S) groups is 1. The predicted molar refractivity (Wildman–Crippen MR) is 82.6 cm³/mol. The molecule has 0 bridgehead atoms. The molecule has 0 spiro atoms. The second-order valence-electron chi connectivity index (χ2n) is 6.02. The Labute approximate surface area is 120 Å². The van der Waals surface area contributed by atoms with Gasteiger partial charge in [-0.25, -0.2) is 0 Å². The van der Waals surface area contributed by atoms with Gasteiger partial charge in [0.1, 0.15) is 10.7 Å². The second-order valence-corrected chi connectivity index (χ2v) is 6.46. The molecule has 2 N–H and O–H groups in total. The van der Waals surface area contributed by atoms with Crippen molar-refractivity contribution < 1.29 is 4.74 Å². The molecule has 104 valence electrons. The molecule has 0 unspecified atom stereocenters. The van der Waals surface area contributed by atoms with Crippen molar-refractivity contribution in [2.75, 3.05) is 20.2 Å². The van der Waals surface area contributed by atoms with Crippen molar-refractivity contribution in [3.05, 3.63) is 29.3 Å². The lowest BCUT2D eigenvalue weighted by Gasteiger charge is -2.20. The van der Waals surface area contributed by atoms with Crippen LogP contribution in [-0.2, 0) is 6.54 Å². The highest BCUT2D eigenvalue weighted by Gasteiger charge is 2.28. The van der Waals surface area contributed by atoms with Crippen LogP contribution < -0.4 is 10.5 Å². The van der Waals surface area contributed by atoms with E-state index in [1.807, 2.05) is 12.1 Å². The Morgan fingerprint density at radius 1 is 1.47 bits per heavy atom. The molecule has 1 heterocycles. The van der Waals surface area contributed by atoms with Crippen molar-refractivity contribution in [1.29, 1.82) is 0 Å². The molecule has 2 rings (SSSR count). The predicted octanol–water partition coefficient (Wildman–Crippen LogP) is 2.56. The fourth-order valence-electron chi connectivity index (χ4n) is 2.65. The van der Waals surface area contributed by atoms with Gasteiger partial charge in [0.15, 0.2) is 0 Å². The summed E-state index contributed by atoms with van der Waals surface area (Å²) < 4.78 is 5.37. The van der Waals surface area contributed by atoms with E-state index in [1.54, 1.807) is 7.11 Å². The summed E-state index contributed by atoms with van der Waals surface area (Å²) in [4.78, 5) is 2.86. The van der Waals surface area contributed by atoms with Gasteiger partial charge in [0.25, 0.3) is 0 Å². The SMILES string of the molecule is COc1cc(CN2CCC(C)(C)C2)ccc1C(N)=S. The number of hydrogen-bond acceptors (Lipinski definition) is 3. The molecular weight excluding hydrogens is 256 g/mol. The number of ether oxygens (including phenoxy) is 1. The number of hydrogen-bond donors (Lipinski definition) is 1. The average Bonchev–Trinajstić information content (AvgIpc) is 2.68. The van der Waals surface area contributed by atoms with Gasteiger partial charge in [-0.15, -0.1) is 0 Å². The van der Waals surface area contributed by atoms with E-state index in [-0.39, 0.29) is 0 Å². The van der Waals surface area contributed by atoms with Crippen molar-refractivity contribution in [1.82, 2.24) is 4.90 Å². The van der Waals surface area contributed by atoms with Crippen LogP contribution in [0.2, 0.25) is 0 Å². The van der Waals surface area contributed by atoms with Gasteiger partial charge in [-0.1, -0.05) is 32.1 Å². The topological polar surface area (TPSA) is 38.5 Å². The largest absolute Gasteiger partial charge is 0.496 e. The first-order valence-electron chi connectivity index (χ1n) is 6.60. The lowest BCUT2D eigenvalue weighted by Crippen LogP contribution is -2.23. The van der Waals surface area contributed by atoms with Gasteiger partial charge in [0.05, 0.1) is 12.7 Å². The number of nitrogens with zero attached hydrogens (tertiary/aromatic N) is 1. The quantitative estimate of drug-likeness (QED) is 0.859. The maximum Gasteiger partial charge on any atom is 0.129 e. The number of nitrogens with two attached hydrogens (primary N) is 1. The lowest BCUT2D eigenvalue weighted by atomic mass is 9.93. The standard InChI is InChI=1S/C15H22N2OS/c1-15(2)6-7-17(10-15)9-11-4-5-12(14(16)19)13(8-11)18-3/h4-5,8H,6-7,9-10H2,1-3H3,(H2,16,19). The first kappa shape index (κ1) is 14.3. The minimum absolute atomic E-state index is 0.380. The van der Waals surface area contributed by atoms with Crippen LogP contribution >= 0.6 is 12.2 Å². The van der Waals surface area contributed by atoms with Gasteiger partial charge in [-0.3, -0.25) is 4.90 Å². The highest BCUT2D eigenvalue weighted by Crippen LogP contribution is 2.30. The first-order valence-corrected chi connectivity index (χ1v) is 7.01. The van der Waals surface area contributed by atoms with E-state index in [9.17, 15) is 0 Å². The lowest BCUT2D eigenvalue weighted by molar-refractivity contribution is 0.284. The molecule has 3 nitrogen and oxygen atoms in total. The summed E-state index contributed by atoms with van der Waals surface area (Å²) in [5.74, 6) is 0.767. The van der Waals surface area contributed by atoms with Crippen molar-refractivity contribution in [3.63, 3.8) is 0 Å². The monoisotopic (exact) mass is 278 g/mol. The second kappa shape index (κ2) is 5.47. The summed E-state index contributed by atoms with van der Waals surface area (Å²) in [6.45, 7) is 7.91. The fourth-order valence-corrected chi connectivity index (χ4v) is 2.82. The molecule has 1 aliphatic heterocycles. The van der Waals surface area contributed by atoms with Gasteiger partial charge >= 0.3 is 0 Å². The molecule has 0 atom stereocenters. The van der Waals surface area contributed by atoms with Crippen LogP contribution in [0.1, 0.15) is 31.4 Å². The molecule has 0 radical (unpaired) electrons. The Balaban J connectivity index is 2.12. The molecule has 1 aromatic carbocycles. The minimum atomic E-state index is 0.380. The average molecular weight is 278 g/mol. The van der Waals surface area contributed by atoms with Crippen LogP contribution in [0.5, 0.6) is 5.75 Å². The van der Waals surface area contributed by atoms with Crippen LogP contribution in [0.3, 0.4) is 0 Å². The van der Waals surface area contributed by atoms with Gasteiger partial charge in [0.2, 0.25) is 0 Å². The summed E-state index contributed by atoms with van der Waals surface area (Å²) in [5, 5.41) is 0. The van der Waals surface area contributed by atoms with Gasteiger partial charge in [-0.05, 0) is 36.1 Å². The fraction of sp³-hybridized carbons (Fsp3) is 0.533. The smallest absolute Gasteiger partial charge is 0.129 e. The molecule has 4 heteroatoms. The van der Waals surface area contributed by atoms with Crippen LogP contribution in [0.4, 0.5) is 0 Å². The van der Waals surface area contributed by atoms with E-state index in [0.717, 1.165) is 30.9 Å². The summed E-state index contributed by atoms with van der Waals surface area (Å²) >= 11 is 5.02. The van der Waals surface area contributed by atoms with Crippen molar-refractivity contribution >= 4 is 17.2 Å². The Morgan fingerprint density at radius 3 is 2.74 bits per heavy atom. The minimum Gasteiger partial charge on any atom is -0.496 e. The van der Waals surface area contributed by atoms with Gasteiger partial charge in [-0.2, -0.15) is 0 Å². The highest BCUT2D eigenvalue weighted by molar-refractivity contribution is 7.80. The molecule has 0 saturated carbocycles. The van der Waals surface area contributed by atoms with Gasteiger partial charge in [0, 0.05) is 13.1 Å². The Hall–Kier alpha value is -1.13. The van der Waals surface area contributed by atoms with E-state index in [1.165, 1.54) is 12.0 Å². The molecule has 1 fully saturated rings. The summed E-state index contributed by atoms with van der Waals surface area (Å²) in [5.41, 5.74) is 8.17. The number of benzene rings is 1. The van der Waals surface area contributed by atoms with E-state index < -0.39 is 0 Å². The van der Waals surface area contributed by atoms with Crippen molar-refractivity contribution in [2.24, 2.45) is 11.1 Å². The van der Waals surface area contributed by atoms with E-state index >= 15 is 0 Å². The normalized spacial score (nSPS) is 18.5. The third kappa shape index (κ3) is 3.45. The van der Waals surface area contributed by atoms with Crippen LogP contribution in [-0.4, -0.2) is 30.1 Å². The number of methoxy groups -OCH3 is 1. The summed E-state index contributed by atoms with van der Waals surface area (Å²) in [6.07, 6.45) is 1.26. The van der Waals surface area contributed by atoms with Crippen LogP contribution in [0.25, 0.3) is 0 Å². The molecule has 1 aromatic rings. The van der Waals surface area contributed by atoms with Crippen molar-refractivity contribution in [2.45, 2.75) is 26.8 Å². The molecular formula is C15H22N2OS. The highest BCUT2D eigenvalue weighted by atomic mass is 32.1. The summed E-state index contributed by atoms with van der Waals surface area (Å²) in [6, 6.07) is 6.08. The zero-order valence-electron chi connectivity index (χ0n) is 11.9. The Kier molecular flexibility index (Phi) is 4.11. The molecule has 1 aliphatic rings. The first-order chi connectivity index (χ1) is 8.91. The third-order valence-corrected chi connectivity index (χ3v) is 3.91. The number of rotatable bonds is 4. The van der Waals surface area contributed by atoms with E-state index in [0.29, 0.717) is 10.4 Å². The molecule has 0 aromatic heterocycles. The van der Waals surface area contributed by atoms with Crippen molar-refractivity contribution in [3.8, 4) is 5.75 Å². The third-order valence-electron chi connectivity index (χ3n) is 3.69.